The van der Waals surface area contributed by atoms with E-state index in [9.17, 15) is 27.6 Å². The van der Waals surface area contributed by atoms with Crippen LogP contribution in [0, 0.1) is 0 Å². The molecule has 2 atom stereocenters. The predicted molar refractivity (Wildman–Crippen MR) is 158 cm³/mol. The maximum absolute atomic E-state index is 12.5. The van der Waals surface area contributed by atoms with E-state index >= 15 is 0 Å². The van der Waals surface area contributed by atoms with Gasteiger partial charge in [0.15, 0.2) is 0 Å². The zero-order chi connectivity index (χ0) is 33.1. The van der Waals surface area contributed by atoms with E-state index in [2.05, 4.69) is 12.2 Å². The first-order chi connectivity index (χ1) is 20.5. The lowest BCUT2D eigenvalue weighted by Gasteiger charge is -2.40. The SMILES string of the molecule is C[C@H]1CN(C(=O)OC(C)(C)C)CCN1C(=O)c1ccccc1.C[C@H]1CNCCN1C(=O)c1ccccc1.O=C(O)C(F)(F)F. The second kappa shape index (κ2) is 16.1. The van der Waals surface area contributed by atoms with Crippen LogP contribution in [0.3, 0.4) is 0 Å². The van der Waals surface area contributed by atoms with E-state index < -0.39 is 17.7 Å². The van der Waals surface area contributed by atoms with E-state index in [0.29, 0.717) is 25.2 Å². The summed E-state index contributed by atoms with van der Waals surface area (Å²) in [4.78, 5) is 51.0. The number of ether oxygens (including phenoxy) is 1. The number of nitrogens with zero attached hydrogens (tertiary/aromatic N) is 3. The Kier molecular flexibility index (Phi) is 13.2. The molecule has 242 valence electrons. The van der Waals surface area contributed by atoms with Crippen LogP contribution < -0.4 is 5.32 Å². The lowest BCUT2D eigenvalue weighted by molar-refractivity contribution is -0.192. The van der Waals surface area contributed by atoms with Crippen molar-refractivity contribution in [1.82, 2.24) is 20.0 Å². The van der Waals surface area contributed by atoms with Crippen molar-refractivity contribution in [3.8, 4) is 0 Å². The largest absolute Gasteiger partial charge is 0.490 e. The van der Waals surface area contributed by atoms with E-state index in [1.54, 1.807) is 4.90 Å². The van der Waals surface area contributed by atoms with E-state index in [1.165, 1.54) is 0 Å². The molecule has 2 aromatic carbocycles. The summed E-state index contributed by atoms with van der Waals surface area (Å²) in [6.45, 7) is 13.7. The topological polar surface area (TPSA) is 119 Å². The number of carbonyl (C=O) groups excluding carboxylic acids is 3. The Hall–Kier alpha value is -4.13. The highest BCUT2D eigenvalue weighted by Crippen LogP contribution is 2.17. The van der Waals surface area contributed by atoms with E-state index in [-0.39, 0.29) is 30.0 Å². The molecular weight excluding hydrogens is 581 g/mol. The molecule has 0 bridgehead atoms. The summed E-state index contributed by atoms with van der Waals surface area (Å²) in [6.07, 6.45) is -5.40. The van der Waals surface area contributed by atoms with Crippen molar-refractivity contribution in [3.05, 3.63) is 71.8 Å². The van der Waals surface area contributed by atoms with Crippen molar-refractivity contribution in [2.45, 2.75) is 58.5 Å². The van der Waals surface area contributed by atoms with Crippen LogP contribution >= 0.6 is 0 Å². The number of amides is 3. The van der Waals surface area contributed by atoms with Crippen molar-refractivity contribution >= 4 is 23.9 Å². The van der Waals surface area contributed by atoms with Gasteiger partial charge in [-0.1, -0.05) is 36.4 Å². The van der Waals surface area contributed by atoms with Gasteiger partial charge < -0.3 is 29.9 Å². The maximum Gasteiger partial charge on any atom is 0.490 e. The van der Waals surface area contributed by atoms with Crippen molar-refractivity contribution in [3.63, 3.8) is 0 Å². The van der Waals surface area contributed by atoms with Crippen molar-refractivity contribution < 1.29 is 42.2 Å². The molecule has 44 heavy (non-hydrogen) atoms. The van der Waals surface area contributed by atoms with Crippen LogP contribution in [0.5, 0.6) is 0 Å². The third-order valence-electron chi connectivity index (χ3n) is 6.59. The van der Waals surface area contributed by atoms with Crippen LogP contribution in [0.1, 0.15) is 55.3 Å². The van der Waals surface area contributed by atoms with Crippen molar-refractivity contribution in [1.29, 1.82) is 0 Å². The number of nitrogens with one attached hydrogen (secondary N) is 1. The molecule has 0 unspecified atom stereocenters. The summed E-state index contributed by atoms with van der Waals surface area (Å²) in [5.74, 6) is -2.60. The summed E-state index contributed by atoms with van der Waals surface area (Å²) < 4.78 is 37.1. The van der Waals surface area contributed by atoms with Gasteiger partial charge in [0.1, 0.15) is 5.60 Å². The number of hydrogen-bond acceptors (Lipinski definition) is 6. The molecule has 0 radical (unpaired) electrons. The zero-order valence-electron chi connectivity index (χ0n) is 25.6. The lowest BCUT2D eigenvalue weighted by Crippen LogP contribution is -2.56. The fraction of sp³-hybridized carbons (Fsp3) is 0.484. The van der Waals surface area contributed by atoms with Gasteiger partial charge in [-0.3, -0.25) is 9.59 Å². The second-order valence-electron chi connectivity index (χ2n) is 11.4. The average molecular weight is 623 g/mol. The molecule has 10 nitrogen and oxygen atoms in total. The molecule has 2 saturated heterocycles. The quantitative estimate of drug-likeness (QED) is 0.506. The Bertz CT molecular complexity index is 1240. The van der Waals surface area contributed by atoms with Gasteiger partial charge in [0.25, 0.3) is 11.8 Å². The number of carboxylic acid groups (broad SMARTS) is 1. The summed E-state index contributed by atoms with van der Waals surface area (Å²) in [5.41, 5.74) is 0.962. The molecule has 2 fully saturated rings. The van der Waals surface area contributed by atoms with Crippen LogP contribution in [0.2, 0.25) is 0 Å². The minimum Gasteiger partial charge on any atom is -0.475 e. The van der Waals surface area contributed by atoms with Crippen LogP contribution in [-0.4, -0.2) is 107 Å². The van der Waals surface area contributed by atoms with Gasteiger partial charge in [-0.15, -0.1) is 0 Å². The first-order valence-corrected chi connectivity index (χ1v) is 14.2. The minimum absolute atomic E-state index is 0.0111. The second-order valence-corrected chi connectivity index (χ2v) is 11.4. The highest BCUT2D eigenvalue weighted by molar-refractivity contribution is 5.95. The Morgan fingerprint density at radius 2 is 1.25 bits per heavy atom. The van der Waals surface area contributed by atoms with Gasteiger partial charge in [-0.05, 0) is 58.9 Å². The van der Waals surface area contributed by atoms with Gasteiger partial charge in [0.2, 0.25) is 0 Å². The number of benzene rings is 2. The fourth-order valence-corrected chi connectivity index (χ4v) is 4.39. The van der Waals surface area contributed by atoms with Crippen molar-refractivity contribution in [2.75, 3.05) is 39.3 Å². The minimum atomic E-state index is -5.08. The maximum atomic E-state index is 12.5. The fourth-order valence-electron chi connectivity index (χ4n) is 4.39. The predicted octanol–water partition coefficient (Wildman–Crippen LogP) is 4.52. The summed E-state index contributed by atoms with van der Waals surface area (Å²) in [7, 11) is 0. The van der Waals surface area contributed by atoms with Gasteiger partial charge in [-0.25, -0.2) is 9.59 Å². The molecule has 2 aromatic rings. The normalized spacial score (nSPS) is 18.6. The van der Waals surface area contributed by atoms with E-state index in [4.69, 9.17) is 14.6 Å². The van der Waals surface area contributed by atoms with Gasteiger partial charge in [-0.2, -0.15) is 13.2 Å². The third kappa shape index (κ3) is 11.5. The average Bonchev–Trinajstić information content (AvgIpc) is 2.97. The number of hydrogen-bond donors (Lipinski definition) is 2. The molecule has 2 aliphatic heterocycles. The van der Waals surface area contributed by atoms with Gasteiger partial charge in [0.05, 0.1) is 0 Å². The third-order valence-corrected chi connectivity index (χ3v) is 6.59. The molecular formula is C31H41F3N4O6. The lowest BCUT2D eigenvalue weighted by atomic mass is 10.1. The number of piperazine rings is 2. The first kappa shape index (κ1) is 36.1. The first-order valence-electron chi connectivity index (χ1n) is 14.2. The molecule has 0 aromatic heterocycles. The Labute approximate surface area is 255 Å². The molecule has 3 amide bonds. The number of rotatable bonds is 2. The van der Waals surface area contributed by atoms with E-state index in [0.717, 1.165) is 25.2 Å². The monoisotopic (exact) mass is 622 g/mol. The molecule has 2 N–H and O–H groups in total. The molecule has 13 heteroatoms. The molecule has 0 aliphatic carbocycles. The highest BCUT2D eigenvalue weighted by atomic mass is 19.4. The number of carboxylic acids is 1. The standard InChI is InChI=1S/C17H24N2O3.C12H16N2O.C2HF3O2/c1-13-12-18(16(21)22-17(2,3)4)10-11-19(13)15(20)14-8-6-5-7-9-14;1-10-9-13-7-8-14(10)12(15)11-5-3-2-4-6-11;3-2(4,5)1(6)7/h5-9,13H,10-12H2,1-4H3;2-6,10,13H,7-9H2,1H3;(H,6,7)/t13-;10-;/m00./s1. The Balaban J connectivity index is 0.000000264. The molecule has 0 saturated carbocycles. The number of aliphatic carboxylic acids is 1. The summed E-state index contributed by atoms with van der Waals surface area (Å²) in [5, 5.41) is 10.4. The molecule has 2 aliphatic rings. The zero-order valence-corrected chi connectivity index (χ0v) is 25.6. The van der Waals surface area contributed by atoms with Crippen LogP contribution in [0.15, 0.2) is 60.7 Å². The molecule has 2 heterocycles. The van der Waals surface area contributed by atoms with E-state index in [1.807, 2.05) is 98.2 Å². The molecule has 4 rings (SSSR count). The van der Waals surface area contributed by atoms with Crippen LogP contribution in [0.4, 0.5) is 18.0 Å². The smallest absolute Gasteiger partial charge is 0.475 e. The Morgan fingerprint density at radius 3 is 1.64 bits per heavy atom. The number of alkyl halides is 3. The summed E-state index contributed by atoms with van der Waals surface area (Å²) in [6, 6.07) is 19.0. The number of carbonyl (C=O) groups is 4. The van der Waals surface area contributed by atoms with Gasteiger partial charge >= 0.3 is 18.2 Å². The Morgan fingerprint density at radius 1 is 0.795 bits per heavy atom. The summed E-state index contributed by atoms with van der Waals surface area (Å²) >= 11 is 0. The van der Waals surface area contributed by atoms with Crippen molar-refractivity contribution in [2.24, 2.45) is 0 Å². The molecule has 0 spiro atoms. The highest BCUT2D eigenvalue weighted by Gasteiger charge is 2.38. The van der Waals surface area contributed by atoms with Gasteiger partial charge in [0, 0.05) is 62.5 Å². The van der Waals surface area contributed by atoms with Crippen LogP contribution in [0.25, 0.3) is 0 Å². The van der Waals surface area contributed by atoms with Crippen LogP contribution in [-0.2, 0) is 9.53 Å². The number of halogens is 3.